The van der Waals surface area contributed by atoms with Gasteiger partial charge >= 0.3 is 0 Å². The first kappa shape index (κ1) is 15.2. The van der Waals surface area contributed by atoms with Crippen LogP contribution < -0.4 is 5.32 Å². The predicted octanol–water partition coefficient (Wildman–Crippen LogP) is 3.12. The normalized spacial score (nSPS) is 17.1. The lowest BCUT2D eigenvalue weighted by atomic mass is 10.0. The van der Waals surface area contributed by atoms with E-state index in [2.05, 4.69) is 5.32 Å². The van der Waals surface area contributed by atoms with Gasteiger partial charge in [-0.1, -0.05) is 25.7 Å². The van der Waals surface area contributed by atoms with Gasteiger partial charge in [-0.2, -0.15) is 0 Å². The number of rotatable bonds is 6. The van der Waals surface area contributed by atoms with Crippen LogP contribution in [0.4, 0.5) is 0 Å². The lowest BCUT2D eigenvalue weighted by molar-refractivity contribution is 0.0952. The first-order chi connectivity index (χ1) is 9.66. The Morgan fingerprint density at radius 3 is 2.50 bits per heavy atom. The molecule has 1 aromatic carbocycles. The Bertz CT molecular complexity index is 464. The zero-order chi connectivity index (χ0) is 14.4. The fourth-order valence-corrected chi connectivity index (χ4v) is 3.31. The molecule has 1 fully saturated rings. The van der Waals surface area contributed by atoms with E-state index in [1.165, 1.54) is 32.1 Å². The number of nitrogens with one attached hydrogen (secondary N) is 1. The van der Waals surface area contributed by atoms with Crippen LogP contribution in [0, 0.1) is 5.92 Å². The highest BCUT2D eigenvalue weighted by molar-refractivity contribution is 7.84. The molecule has 2 rings (SSSR count). The largest absolute Gasteiger partial charge is 0.352 e. The minimum Gasteiger partial charge on any atom is -0.352 e. The van der Waals surface area contributed by atoms with Gasteiger partial charge in [-0.3, -0.25) is 9.00 Å². The van der Waals surface area contributed by atoms with E-state index in [4.69, 9.17) is 0 Å². The molecular weight excluding hydrogens is 270 g/mol. The number of carbonyl (C=O) groups excluding carboxylic acids is 1. The molecule has 0 bridgehead atoms. The Kier molecular flexibility index (Phi) is 5.77. The maximum atomic E-state index is 11.9. The van der Waals surface area contributed by atoms with Crippen LogP contribution in [0.5, 0.6) is 0 Å². The van der Waals surface area contributed by atoms with Crippen molar-refractivity contribution in [2.75, 3.05) is 12.8 Å². The fraction of sp³-hybridized carbons (Fsp3) is 0.562. The van der Waals surface area contributed by atoms with Crippen LogP contribution in [0.2, 0.25) is 0 Å². The van der Waals surface area contributed by atoms with Crippen molar-refractivity contribution in [3.05, 3.63) is 29.8 Å². The molecule has 4 heteroatoms. The fourth-order valence-electron chi connectivity index (χ4n) is 2.79. The van der Waals surface area contributed by atoms with Gasteiger partial charge in [0, 0.05) is 34.1 Å². The lowest BCUT2D eigenvalue weighted by Crippen LogP contribution is -2.24. The molecule has 110 valence electrons. The summed E-state index contributed by atoms with van der Waals surface area (Å²) in [4.78, 5) is 12.7. The summed E-state index contributed by atoms with van der Waals surface area (Å²) >= 11 is 0. The van der Waals surface area contributed by atoms with E-state index in [9.17, 15) is 9.00 Å². The van der Waals surface area contributed by atoms with Crippen LogP contribution in [0.1, 0.15) is 48.9 Å². The minimum atomic E-state index is -0.991. The molecule has 1 N–H and O–H groups in total. The SMILES string of the molecule is CS(=O)c1ccc(C(=O)NCCCC2CCCC2)cc1. The molecule has 0 aliphatic heterocycles. The summed E-state index contributed by atoms with van der Waals surface area (Å²) < 4.78 is 11.3. The summed E-state index contributed by atoms with van der Waals surface area (Å²) in [6.45, 7) is 0.747. The Morgan fingerprint density at radius 2 is 1.90 bits per heavy atom. The highest BCUT2D eigenvalue weighted by Gasteiger charge is 2.14. The second kappa shape index (κ2) is 7.58. The molecule has 0 saturated heterocycles. The van der Waals surface area contributed by atoms with Crippen LogP contribution in [-0.2, 0) is 10.8 Å². The van der Waals surface area contributed by atoms with Gasteiger partial charge in [0.2, 0.25) is 0 Å². The first-order valence-corrected chi connectivity index (χ1v) is 8.94. The average Bonchev–Trinajstić information content (AvgIpc) is 2.96. The molecule has 0 aromatic heterocycles. The van der Waals surface area contributed by atoms with Crippen molar-refractivity contribution in [3.63, 3.8) is 0 Å². The topological polar surface area (TPSA) is 46.2 Å². The predicted molar refractivity (Wildman–Crippen MR) is 82.3 cm³/mol. The quantitative estimate of drug-likeness (QED) is 0.819. The maximum absolute atomic E-state index is 11.9. The van der Waals surface area contributed by atoms with E-state index in [1.54, 1.807) is 30.5 Å². The van der Waals surface area contributed by atoms with Crippen LogP contribution in [0.3, 0.4) is 0 Å². The van der Waals surface area contributed by atoms with Crippen molar-refractivity contribution in [3.8, 4) is 0 Å². The monoisotopic (exact) mass is 293 g/mol. The Morgan fingerprint density at radius 1 is 1.25 bits per heavy atom. The smallest absolute Gasteiger partial charge is 0.251 e. The van der Waals surface area contributed by atoms with E-state index < -0.39 is 10.8 Å². The Labute approximate surface area is 123 Å². The van der Waals surface area contributed by atoms with Gasteiger partial charge in [-0.05, 0) is 43.0 Å². The number of carbonyl (C=O) groups is 1. The summed E-state index contributed by atoms with van der Waals surface area (Å²) in [5.41, 5.74) is 0.639. The molecule has 1 aromatic rings. The Hall–Kier alpha value is -1.16. The van der Waals surface area contributed by atoms with E-state index >= 15 is 0 Å². The average molecular weight is 293 g/mol. The standard InChI is InChI=1S/C16H23NO2S/c1-20(19)15-10-8-14(9-11-15)16(18)17-12-4-7-13-5-2-3-6-13/h8-11,13H,2-7,12H2,1H3,(H,17,18). The van der Waals surface area contributed by atoms with Crippen LogP contribution >= 0.6 is 0 Å². The third kappa shape index (κ3) is 4.44. The summed E-state index contributed by atoms with van der Waals surface area (Å²) in [6.07, 6.45) is 9.41. The third-order valence-corrected chi connectivity index (χ3v) is 4.93. The molecule has 0 heterocycles. The zero-order valence-electron chi connectivity index (χ0n) is 12.1. The van der Waals surface area contributed by atoms with Crippen molar-refractivity contribution in [1.29, 1.82) is 0 Å². The summed E-state index contributed by atoms with van der Waals surface area (Å²) in [6, 6.07) is 6.99. The summed E-state index contributed by atoms with van der Waals surface area (Å²) in [5.74, 6) is 0.843. The zero-order valence-corrected chi connectivity index (χ0v) is 12.9. The second-order valence-electron chi connectivity index (χ2n) is 5.53. The highest BCUT2D eigenvalue weighted by atomic mass is 32.2. The van der Waals surface area contributed by atoms with Gasteiger partial charge in [-0.15, -0.1) is 0 Å². The van der Waals surface area contributed by atoms with Crippen molar-refractivity contribution in [2.45, 2.75) is 43.4 Å². The molecule has 1 aliphatic carbocycles. The van der Waals surface area contributed by atoms with Crippen LogP contribution in [-0.4, -0.2) is 22.9 Å². The summed E-state index contributed by atoms with van der Waals surface area (Å²) in [5, 5.41) is 2.96. The number of hydrogen-bond donors (Lipinski definition) is 1. The molecular formula is C16H23NO2S. The Balaban J connectivity index is 1.72. The highest BCUT2D eigenvalue weighted by Crippen LogP contribution is 2.28. The van der Waals surface area contributed by atoms with E-state index in [0.29, 0.717) is 5.56 Å². The van der Waals surface area contributed by atoms with E-state index in [1.807, 2.05) is 0 Å². The molecule has 1 saturated carbocycles. The molecule has 1 unspecified atom stereocenters. The van der Waals surface area contributed by atoms with E-state index in [-0.39, 0.29) is 5.91 Å². The summed E-state index contributed by atoms with van der Waals surface area (Å²) in [7, 11) is -0.991. The molecule has 0 spiro atoms. The van der Waals surface area contributed by atoms with Crippen LogP contribution in [0.15, 0.2) is 29.2 Å². The van der Waals surface area contributed by atoms with Crippen molar-refractivity contribution in [2.24, 2.45) is 5.92 Å². The number of amides is 1. The minimum absolute atomic E-state index is 0.0372. The number of hydrogen-bond acceptors (Lipinski definition) is 2. The van der Waals surface area contributed by atoms with Crippen molar-refractivity contribution in [1.82, 2.24) is 5.32 Å². The molecule has 1 amide bonds. The number of benzene rings is 1. The van der Waals surface area contributed by atoms with Gasteiger partial charge in [0.25, 0.3) is 5.91 Å². The third-order valence-electron chi connectivity index (χ3n) is 4.00. The van der Waals surface area contributed by atoms with Gasteiger partial charge in [0.15, 0.2) is 0 Å². The van der Waals surface area contributed by atoms with Crippen LogP contribution in [0.25, 0.3) is 0 Å². The van der Waals surface area contributed by atoms with Crippen molar-refractivity contribution < 1.29 is 9.00 Å². The van der Waals surface area contributed by atoms with Gasteiger partial charge in [0.05, 0.1) is 0 Å². The molecule has 1 aliphatic rings. The molecule has 1 atom stereocenters. The van der Waals surface area contributed by atoms with Crippen molar-refractivity contribution >= 4 is 16.7 Å². The molecule has 3 nitrogen and oxygen atoms in total. The molecule has 20 heavy (non-hydrogen) atoms. The first-order valence-electron chi connectivity index (χ1n) is 7.38. The second-order valence-corrected chi connectivity index (χ2v) is 6.91. The maximum Gasteiger partial charge on any atom is 0.251 e. The van der Waals surface area contributed by atoms with Gasteiger partial charge < -0.3 is 5.32 Å². The van der Waals surface area contributed by atoms with E-state index in [0.717, 1.165) is 23.8 Å². The van der Waals surface area contributed by atoms with Gasteiger partial charge in [-0.25, -0.2) is 0 Å². The molecule has 0 radical (unpaired) electrons. The lowest BCUT2D eigenvalue weighted by Gasteiger charge is -2.09. The van der Waals surface area contributed by atoms with Gasteiger partial charge in [0.1, 0.15) is 0 Å².